The van der Waals surface area contributed by atoms with Gasteiger partial charge in [0.1, 0.15) is 6.61 Å². The van der Waals surface area contributed by atoms with Crippen LogP contribution in [0.3, 0.4) is 0 Å². The van der Waals surface area contributed by atoms with Crippen LogP contribution in [0, 0.1) is 0 Å². The number of hydrogen-bond donors (Lipinski definition) is 1. The third-order valence-corrected chi connectivity index (χ3v) is 17.1. The van der Waals surface area contributed by atoms with Crippen LogP contribution in [0.4, 0.5) is 0 Å². The highest BCUT2D eigenvalue weighted by Gasteiger charge is 2.16. The lowest BCUT2D eigenvalue weighted by Crippen LogP contribution is -2.28. The Morgan fingerprint density at radius 2 is 0.489 bits per heavy atom. The second-order valence-electron chi connectivity index (χ2n) is 25.7. The number of rotatable bonds is 71. The zero-order valence-electron chi connectivity index (χ0n) is 58.5. The van der Waals surface area contributed by atoms with Crippen LogP contribution in [-0.4, -0.2) is 36.4 Å². The third-order valence-electron chi connectivity index (χ3n) is 17.1. The quantitative estimate of drug-likeness (QED) is 0.0373. The van der Waals surface area contributed by atoms with Crippen molar-refractivity contribution in [1.29, 1.82) is 0 Å². The van der Waals surface area contributed by atoms with Crippen molar-refractivity contribution in [1.82, 2.24) is 0 Å². The molecule has 0 aromatic heterocycles. The van der Waals surface area contributed by atoms with E-state index in [0.717, 1.165) is 96.3 Å². The molecule has 0 bridgehead atoms. The Kier molecular flexibility index (Phi) is 74.8. The number of hydrogen-bond acceptors (Lipinski definition) is 5. The fourth-order valence-electron chi connectivity index (χ4n) is 11.4. The minimum absolute atomic E-state index is 0.0653. The summed E-state index contributed by atoms with van der Waals surface area (Å²) < 4.78 is 10.8. The van der Waals surface area contributed by atoms with Crippen LogP contribution in [0.15, 0.2) is 109 Å². The summed E-state index contributed by atoms with van der Waals surface area (Å²) in [4.78, 5) is 24.7. The zero-order valence-corrected chi connectivity index (χ0v) is 58.5. The van der Waals surface area contributed by atoms with Gasteiger partial charge in [0.25, 0.3) is 0 Å². The van der Waals surface area contributed by atoms with E-state index in [9.17, 15) is 14.7 Å². The molecule has 0 saturated heterocycles. The fraction of sp³-hybridized carbons (Fsp3) is 0.759. The predicted molar refractivity (Wildman–Crippen MR) is 389 cm³/mol. The second-order valence-corrected chi connectivity index (χ2v) is 25.7. The van der Waals surface area contributed by atoms with E-state index in [1.54, 1.807) is 0 Å². The lowest BCUT2D eigenvalue weighted by atomic mass is 10.0. The molecular formula is C83H146O5. The summed E-state index contributed by atoms with van der Waals surface area (Å²) in [5, 5.41) is 9.72. The Bertz CT molecular complexity index is 1670. The summed E-state index contributed by atoms with van der Waals surface area (Å²) in [5.41, 5.74) is 0. The van der Waals surface area contributed by atoms with E-state index in [2.05, 4.69) is 123 Å². The van der Waals surface area contributed by atoms with Gasteiger partial charge in [-0.05, 0) is 83.5 Å². The molecule has 0 aromatic rings. The standard InChI is InChI=1S/C83H146O5/c1-3-5-7-9-11-13-15-17-19-21-23-25-27-29-31-33-35-37-38-39-40-41-42-43-44-46-48-50-52-54-56-58-60-62-64-66-68-70-72-74-76-78-83(86)88-81(79-84)80-87-82(85)77-75-73-71-69-67-65-63-61-59-57-55-53-51-49-47-45-36-34-32-30-28-26-24-22-20-18-16-14-12-10-8-6-4-2/h5,7,11,13,17,19,23,25,29,31,35,37,39-40,42-43,46,48,81,84H,3-4,6,8-10,12,14-16,18,20-22,24,26-28,30,32-34,36,38,41,44-45,47,49-80H2,1-2H3/b7-5-,13-11-,19-17-,25-23-,31-29-,37-35-,40-39-,43-42-,48-46-. The number of aliphatic hydroxyl groups is 1. The maximum atomic E-state index is 12.4. The summed E-state index contributed by atoms with van der Waals surface area (Å²) in [7, 11) is 0. The van der Waals surface area contributed by atoms with Crippen LogP contribution in [-0.2, 0) is 19.1 Å². The van der Waals surface area contributed by atoms with Crippen molar-refractivity contribution in [3.05, 3.63) is 109 Å². The molecule has 0 amide bonds. The van der Waals surface area contributed by atoms with Gasteiger partial charge < -0.3 is 14.6 Å². The number of carbonyl (C=O) groups is 2. The summed E-state index contributed by atoms with van der Waals surface area (Å²) >= 11 is 0. The Hall–Kier alpha value is -3.44. The molecular weight excluding hydrogens is 1080 g/mol. The topological polar surface area (TPSA) is 72.8 Å². The number of aliphatic hydroxyl groups excluding tert-OH is 1. The van der Waals surface area contributed by atoms with Gasteiger partial charge in [0, 0.05) is 12.8 Å². The van der Waals surface area contributed by atoms with Crippen molar-refractivity contribution in [2.45, 2.75) is 392 Å². The number of allylic oxidation sites excluding steroid dienone is 18. The van der Waals surface area contributed by atoms with Crippen LogP contribution in [0.1, 0.15) is 386 Å². The van der Waals surface area contributed by atoms with Crippen molar-refractivity contribution in [2.75, 3.05) is 13.2 Å². The molecule has 1 atom stereocenters. The number of ether oxygens (including phenoxy) is 2. The highest BCUT2D eigenvalue weighted by Crippen LogP contribution is 2.19. The molecule has 0 radical (unpaired) electrons. The molecule has 1 N–H and O–H groups in total. The predicted octanol–water partition coefficient (Wildman–Crippen LogP) is 27.1. The third kappa shape index (κ3) is 75.0. The zero-order chi connectivity index (χ0) is 63.3. The van der Waals surface area contributed by atoms with Crippen molar-refractivity contribution in [3.63, 3.8) is 0 Å². The Labute approximate surface area is 548 Å². The van der Waals surface area contributed by atoms with Crippen LogP contribution in [0.2, 0.25) is 0 Å². The minimum atomic E-state index is -0.778. The van der Waals surface area contributed by atoms with Gasteiger partial charge in [0.2, 0.25) is 0 Å². The van der Waals surface area contributed by atoms with Gasteiger partial charge in [-0.3, -0.25) is 9.59 Å². The first kappa shape index (κ1) is 84.6. The molecule has 0 aromatic carbocycles. The highest BCUT2D eigenvalue weighted by atomic mass is 16.6. The van der Waals surface area contributed by atoms with Gasteiger partial charge in [0.05, 0.1) is 6.61 Å². The van der Waals surface area contributed by atoms with Crippen LogP contribution >= 0.6 is 0 Å². The minimum Gasteiger partial charge on any atom is -0.462 e. The van der Waals surface area contributed by atoms with Crippen LogP contribution < -0.4 is 0 Å². The number of carbonyl (C=O) groups excluding carboxylic acids is 2. The summed E-state index contributed by atoms with van der Waals surface area (Å²) in [6, 6.07) is 0. The number of esters is 2. The summed E-state index contributed by atoms with van der Waals surface area (Å²) in [5.74, 6) is -0.577. The average Bonchev–Trinajstić information content (AvgIpc) is 3.56. The van der Waals surface area contributed by atoms with Crippen LogP contribution in [0.25, 0.3) is 0 Å². The molecule has 5 heteroatoms. The first-order chi connectivity index (χ1) is 43.6. The molecule has 0 fully saturated rings. The molecule has 0 spiro atoms. The molecule has 0 aliphatic rings. The molecule has 88 heavy (non-hydrogen) atoms. The summed E-state index contributed by atoms with van der Waals surface area (Å²) in [6.07, 6.45) is 113. The fourth-order valence-corrected chi connectivity index (χ4v) is 11.4. The van der Waals surface area contributed by atoms with Gasteiger partial charge in [-0.15, -0.1) is 0 Å². The average molecular weight is 1220 g/mol. The van der Waals surface area contributed by atoms with Gasteiger partial charge in [-0.2, -0.15) is 0 Å². The molecule has 0 aliphatic heterocycles. The first-order valence-corrected chi connectivity index (χ1v) is 38.4. The molecule has 5 nitrogen and oxygen atoms in total. The van der Waals surface area contributed by atoms with E-state index in [1.165, 1.54) is 263 Å². The van der Waals surface area contributed by atoms with E-state index >= 15 is 0 Å². The Morgan fingerprint density at radius 3 is 0.739 bits per heavy atom. The normalized spacial score (nSPS) is 12.8. The molecule has 0 aliphatic carbocycles. The lowest BCUT2D eigenvalue weighted by molar-refractivity contribution is -0.161. The molecule has 0 heterocycles. The van der Waals surface area contributed by atoms with E-state index in [1.807, 2.05) is 0 Å². The van der Waals surface area contributed by atoms with E-state index < -0.39 is 6.10 Å². The smallest absolute Gasteiger partial charge is 0.306 e. The van der Waals surface area contributed by atoms with Crippen molar-refractivity contribution in [2.24, 2.45) is 0 Å². The maximum absolute atomic E-state index is 12.4. The van der Waals surface area contributed by atoms with Gasteiger partial charge >= 0.3 is 11.9 Å². The molecule has 508 valence electrons. The van der Waals surface area contributed by atoms with Gasteiger partial charge in [-0.25, -0.2) is 0 Å². The van der Waals surface area contributed by atoms with Crippen molar-refractivity contribution >= 4 is 11.9 Å². The van der Waals surface area contributed by atoms with E-state index in [-0.39, 0.29) is 25.2 Å². The van der Waals surface area contributed by atoms with Crippen LogP contribution in [0.5, 0.6) is 0 Å². The van der Waals surface area contributed by atoms with E-state index in [4.69, 9.17) is 9.47 Å². The van der Waals surface area contributed by atoms with E-state index in [0.29, 0.717) is 12.8 Å². The van der Waals surface area contributed by atoms with Crippen molar-refractivity contribution in [3.8, 4) is 0 Å². The maximum Gasteiger partial charge on any atom is 0.306 e. The van der Waals surface area contributed by atoms with Gasteiger partial charge in [-0.1, -0.05) is 399 Å². The Balaban J connectivity index is 3.46. The SMILES string of the molecule is CC/C=C\C/C=C\C/C=C\C/C=C\C/C=C\C/C=C\C/C=C\C/C=C\C/C=C\CCCCCCCCCCCCCCCC(=O)OC(CO)COC(=O)CCCCCCCCCCCCCCCCCCCCCCCCCCCCCCCCCCC. The van der Waals surface area contributed by atoms with Gasteiger partial charge in [0.15, 0.2) is 6.10 Å². The largest absolute Gasteiger partial charge is 0.462 e. The lowest BCUT2D eigenvalue weighted by Gasteiger charge is -2.15. The Morgan fingerprint density at radius 1 is 0.273 bits per heavy atom. The molecule has 1 unspecified atom stereocenters. The second kappa shape index (κ2) is 77.8. The number of unbranched alkanes of at least 4 members (excludes halogenated alkanes) is 45. The van der Waals surface area contributed by atoms with Crippen molar-refractivity contribution < 1.29 is 24.2 Å². The monoisotopic (exact) mass is 1220 g/mol. The summed E-state index contributed by atoms with van der Waals surface area (Å²) in [6.45, 7) is 4.07. The molecule has 0 rings (SSSR count). The molecule has 0 saturated carbocycles. The first-order valence-electron chi connectivity index (χ1n) is 38.4. The highest BCUT2D eigenvalue weighted by molar-refractivity contribution is 5.70.